The molecule has 1 amide bonds. The molecule has 1 aromatic heterocycles. The molecule has 28 heavy (non-hydrogen) atoms. The molecule has 0 aliphatic carbocycles. The smallest absolute Gasteiger partial charge is 0.255 e. The molecule has 1 aliphatic rings. The van der Waals surface area contributed by atoms with E-state index in [0.717, 1.165) is 17.7 Å². The highest BCUT2D eigenvalue weighted by atomic mass is 16.7. The number of nitrogens with zero attached hydrogens (tertiary/aromatic N) is 1. The van der Waals surface area contributed by atoms with Crippen LogP contribution in [0.25, 0.3) is 0 Å². The third kappa shape index (κ3) is 3.91. The van der Waals surface area contributed by atoms with E-state index in [2.05, 4.69) is 10.3 Å². The summed E-state index contributed by atoms with van der Waals surface area (Å²) in [6.07, 6.45) is 3.25. The van der Waals surface area contributed by atoms with E-state index < -0.39 is 0 Å². The first kappa shape index (κ1) is 17.9. The summed E-state index contributed by atoms with van der Waals surface area (Å²) < 4.78 is 16.1. The molecule has 6 heteroatoms. The lowest BCUT2D eigenvalue weighted by molar-refractivity contribution is 0.102. The molecule has 3 aromatic rings. The third-order valence-corrected chi connectivity index (χ3v) is 4.58. The molecule has 142 valence electrons. The fraction of sp³-hybridized carbons (Fsp3) is 0.182. The highest BCUT2D eigenvalue weighted by Gasteiger charge is 2.19. The Kier molecular flexibility index (Phi) is 5.10. The van der Waals surface area contributed by atoms with Crippen LogP contribution in [0, 0.1) is 0 Å². The Hall–Kier alpha value is -3.54. The Morgan fingerprint density at radius 3 is 2.57 bits per heavy atom. The average molecular weight is 376 g/mol. The first-order chi connectivity index (χ1) is 13.7. The van der Waals surface area contributed by atoms with Crippen LogP contribution in [-0.2, 0) is 12.8 Å². The molecular formula is C22H20N2O4. The fourth-order valence-corrected chi connectivity index (χ4v) is 3.05. The number of carbonyl (C=O) groups is 1. The number of ether oxygens (including phenoxy) is 3. The summed E-state index contributed by atoms with van der Waals surface area (Å²) >= 11 is 0. The number of pyridine rings is 1. The van der Waals surface area contributed by atoms with Crippen LogP contribution in [0.1, 0.15) is 21.6 Å². The van der Waals surface area contributed by atoms with Crippen molar-refractivity contribution in [2.24, 2.45) is 0 Å². The van der Waals surface area contributed by atoms with Crippen LogP contribution in [-0.4, -0.2) is 24.8 Å². The van der Waals surface area contributed by atoms with E-state index in [1.165, 1.54) is 0 Å². The second-order valence-corrected chi connectivity index (χ2v) is 6.37. The molecule has 1 aliphatic heterocycles. The molecule has 0 saturated heterocycles. The molecule has 2 aromatic carbocycles. The predicted octanol–water partition coefficient (Wildman–Crippen LogP) is 3.86. The van der Waals surface area contributed by atoms with Crippen molar-refractivity contribution in [2.45, 2.75) is 12.8 Å². The second-order valence-electron chi connectivity index (χ2n) is 6.37. The number of hydrogen-bond donors (Lipinski definition) is 1. The molecule has 0 fully saturated rings. The first-order valence-electron chi connectivity index (χ1n) is 9.01. The van der Waals surface area contributed by atoms with Crippen LogP contribution in [0.15, 0.2) is 60.8 Å². The van der Waals surface area contributed by atoms with Gasteiger partial charge in [0.2, 0.25) is 6.79 Å². The lowest BCUT2D eigenvalue weighted by Gasteiger charge is -2.13. The Labute approximate surface area is 163 Å². The molecule has 0 spiro atoms. The van der Waals surface area contributed by atoms with Gasteiger partial charge in [-0.15, -0.1) is 0 Å². The van der Waals surface area contributed by atoms with Gasteiger partial charge in [0.1, 0.15) is 5.75 Å². The lowest BCUT2D eigenvalue weighted by atomic mass is 10.0. The number of methoxy groups -OCH3 is 1. The van der Waals surface area contributed by atoms with Gasteiger partial charge >= 0.3 is 0 Å². The number of amides is 1. The molecule has 2 heterocycles. The number of carbonyl (C=O) groups excluding carboxylic acids is 1. The van der Waals surface area contributed by atoms with E-state index in [1.54, 1.807) is 37.6 Å². The van der Waals surface area contributed by atoms with Crippen LogP contribution in [0.4, 0.5) is 5.69 Å². The monoisotopic (exact) mass is 376 g/mol. The third-order valence-electron chi connectivity index (χ3n) is 4.58. The van der Waals surface area contributed by atoms with E-state index in [4.69, 9.17) is 14.2 Å². The lowest BCUT2D eigenvalue weighted by Crippen LogP contribution is -2.13. The zero-order valence-electron chi connectivity index (χ0n) is 15.5. The highest BCUT2D eigenvalue weighted by molar-refractivity contribution is 6.05. The van der Waals surface area contributed by atoms with Gasteiger partial charge in [-0.2, -0.15) is 0 Å². The number of hydrogen-bond acceptors (Lipinski definition) is 5. The minimum atomic E-state index is -0.194. The van der Waals surface area contributed by atoms with Crippen molar-refractivity contribution in [3.8, 4) is 17.2 Å². The second kappa shape index (κ2) is 8.00. The average Bonchev–Trinajstić information content (AvgIpc) is 3.20. The molecule has 0 radical (unpaired) electrons. The van der Waals surface area contributed by atoms with Gasteiger partial charge in [0.05, 0.1) is 7.11 Å². The normalized spacial score (nSPS) is 11.9. The van der Waals surface area contributed by atoms with Gasteiger partial charge in [-0.05, 0) is 60.9 Å². The van der Waals surface area contributed by atoms with Crippen LogP contribution in [0.2, 0.25) is 0 Å². The van der Waals surface area contributed by atoms with Crippen molar-refractivity contribution < 1.29 is 19.0 Å². The van der Waals surface area contributed by atoms with Crippen LogP contribution >= 0.6 is 0 Å². The largest absolute Gasteiger partial charge is 0.497 e. The number of nitrogens with one attached hydrogen (secondary N) is 1. The van der Waals surface area contributed by atoms with Crippen LogP contribution in [0.5, 0.6) is 17.2 Å². The van der Waals surface area contributed by atoms with Crippen molar-refractivity contribution in [3.63, 3.8) is 0 Å². The van der Waals surface area contributed by atoms with E-state index in [0.29, 0.717) is 34.9 Å². The van der Waals surface area contributed by atoms with Crippen molar-refractivity contribution in [2.75, 3.05) is 19.2 Å². The van der Waals surface area contributed by atoms with Crippen molar-refractivity contribution in [3.05, 3.63) is 77.6 Å². The van der Waals surface area contributed by atoms with Gasteiger partial charge in [0, 0.05) is 29.2 Å². The SMILES string of the molecule is COc1ccc(C(=O)Nc2cc3c(cc2CCc2ccccn2)OCO3)cc1. The van der Waals surface area contributed by atoms with Gasteiger partial charge in [0.15, 0.2) is 11.5 Å². The van der Waals surface area contributed by atoms with Crippen molar-refractivity contribution in [1.29, 1.82) is 0 Å². The Balaban J connectivity index is 1.56. The quantitative estimate of drug-likeness (QED) is 0.708. The molecule has 0 unspecified atom stereocenters. The molecule has 6 nitrogen and oxygen atoms in total. The van der Waals surface area contributed by atoms with Crippen LogP contribution in [0.3, 0.4) is 0 Å². The molecule has 0 bridgehead atoms. The van der Waals surface area contributed by atoms with Gasteiger partial charge in [0.25, 0.3) is 5.91 Å². The first-order valence-corrected chi connectivity index (χ1v) is 9.01. The summed E-state index contributed by atoms with van der Waals surface area (Å²) in [5, 5.41) is 2.99. The Bertz CT molecular complexity index is 972. The number of fused-ring (bicyclic) bond motifs is 1. The summed E-state index contributed by atoms with van der Waals surface area (Å²) in [4.78, 5) is 17.1. The van der Waals surface area contributed by atoms with Crippen molar-refractivity contribution >= 4 is 11.6 Å². The summed E-state index contributed by atoms with van der Waals surface area (Å²) in [6, 6.07) is 16.6. The molecule has 4 rings (SSSR count). The molecule has 1 N–H and O–H groups in total. The summed E-state index contributed by atoms with van der Waals surface area (Å²) in [6.45, 7) is 0.185. The molecule has 0 atom stereocenters. The van der Waals surface area contributed by atoms with Gasteiger partial charge in [-0.3, -0.25) is 9.78 Å². The maximum Gasteiger partial charge on any atom is 0.255 e. The zero-order valence-corrected chi connectivity index (χ0v) is 15.5. The van der Waals surface area contributed by atoms with Gasteiger partial charge in [-0.25, -0.2) is 0 Å². The standard InChI is InChI=1S/C22H20N2O4/c1-26-18-9-6-15(7-10-18)22(25)24-19-13-21-20(27-14-28-21)12-16(19)5-8-17-4-2-3-11-23-17/h2-4,6-7,9-13H,5,8,14H2,1H3,(H,24,25). The number of rotatable bonds is 6. The highest BCUT2D eigenvalue weighted by Crippen LogP contribution is 2.37. The Morgan fingerprint density at radius 2 is 1.86 bits per heavy atom. The molecular weight excluding hydrogens is 356 g/mol. The zero-order chi connectivity index (χ0) is 19.3. The van der Waals surface area contributed by atoms with E-state index in [-0.39, 0.29) is 12.7 Å². The topological polar surface area (TPSA) is 69.7 Å². The summed E-state index contributed by atoms with van der Waals surface area (Å²) in [5.74, 6) is 1.83. The van der Waals surface area contributed by atoms with E-state index in [9.17, 15) is 4.79 Å². The summed E-state index contributed by atoms with van der Waals surface area (Å²) in [7, 11) is 1.59. The fourth-order valence-electron chi connectivity index (χ4n) is 3.05. The number of anilines is 1. The minimum absolute atomic E-state index is 0.185. The minimum Gasteiger partial charge on any atom is -0.497 e. The van der Waals surface area contributed by atoms with Gasteiger partial charge < -0.3 is 19.5 Å². The predicted molar refractivity (Wildman–Crippen MR) is 105 cm³/mol. The van der Waals surface area contributed by atoms with Gasteiger partial charge in [-0.1, -0.05) is 6.07 Å². The van der Waals surface area contributed by atoms with E-state index >= 15 is 0 Å². The maximum atomic E-state index is 12.7. The van der Waals surface area contributed by atoms with Crippen LogP contribution < -0.4 is 19.5 Å². The van der Waals surface area contributed by atoms with E-state index in [1.807, 2.05) is 30.3 Å². The Morgan fingerprint density at radius 1 is 1.07 bits per heavy atom. The maximum absolute atomic E-state index is 12.7. The summed E-state index contributed by atoms with van der Waals surface area (Å²) in [5.41, 5.74) is 3.22. The number of aryl methyl sites for hydroxylation is 2. The molecule has 0 saturated carbocycles. The number of aromatic nitrogens is 1. The van der Waals surface area contributed by atoms with Crippen molar-refractivity contribution in [1.82, 2.24) is 4.98 Å². The number of benzene rings is 2.